The van der Waals surface area contributed by atoms with Crippen molar-refractivity contribution in [3.63, 3.8) is 0 Å². The van der Waals surface area contributed by atoms with E-state index >= 15 is 0 Å². The van der Waals surface area contributed by atoms with Crippen molar-refractivity contribution >= 4 is 44.7 Å². The van der Waals surface area contributed by atoms with Crippen LogP contribution in [0.2, 0.25) is 0 Å². The van der Waals surface area contributed by atoms with Gasteiger partial charge in [-0.05, 0) is 218 Å². The maximum absolute atomic E-state index is 12.0. The molecule has 0 amide bonds. The number of carbonyl (C=O) groups excluding carboxylic acids is 4. The largest absolute Gasteiger partial charge is 0.434 e. The van der Waals surface area contributed by atoms with Crippen LogP contribution in [0.3, 0.4) is 0 Å². The summed E-state index contributed by atoms with van der Waals surface area (Å²) in [6, 6.07) is 92.6. The van der Waals surface area contributed by atoms with Gasteiger partial charge in [0.05, 0.1) is 0 Å². The van der Waals surface area contributed by atoms with Crippen LogP contribution in [0.15, 0.2) is 281 Å². The fourth-order valence-corrected chi connectivity index (χ4v) is 13.0. The molecule has 0 atom stereocenters. The molecule has 0 fully saturated rings. The molecular formula is C92H74O4W4-4. The van der Waals surface area contributed by atoms with E-state index in [-0.39, 0.29) is 107 Å². The standard InChI is InChI=1S/C92H74O4.4W/c1-5-85(93)58-75-33-23-67(24-34-75)47-63-9-15-71(16-10-63)51-79-42-46-90-82(55-79)43-44-83(54-74-31-21-66(22-32-74)50-70-29-39-78(40-30-70)61-88(96)8-4)92(90)91-62-81(53-73-19-13-65(14-20-73)49-69-27-37-77(38-28-69)60-87(95)7-3)57-84-56-80(41-45-89(84)91)52-72-17-11-64(12-18-72)48-68-25-35-76(36-26-68)59-86(94)6-2;;;;/h9-46,55-57,62H,1-4,47-54,58-61H2;;;;/q-4;;;;. The van der Waals surface area contributed by atoms with Gasteiger partial charge in [-0.2, -0.15) is 0 Å². The number of fused-ring (bicyclic) bond motifs is 2. The third-order valence-electron chi connectivity index (χ3n) is 18.2. The molecule has 8 heteroatoms. The van der Waals surface area contributed by atoms with Crippen molar-refractivity contribution in [3.8, 4) is 11.1 Å². The molecule has 494 valence electrons. The number of benzene rings is 12. The van der Waals surface area contributed by atoms with Gasteiger partial charge in [-0.15, -0.1) is 0 Å². The Balaban J connectivity index is 0.00000318. The first-order valence-corrected chi connectivity index (χ1v) is 32.8. The Kier molecular flexibility index (Phi) is 28.8. The molecule has 12 aromatic rings. The SMILES string of the molecule is C=[C-]C(=O)Cc1ccc(Cc2ccc(Cc3ccc4c(-c5c(Cc6ccc(Cc7ccc(CC(=O)[C-]=C)cc7)cc6)ccc6cc(Cc7ccc(Cc8ccc(CC(=O)[C-]=C)cc8)cc7)ccc56)cc(Cc5ccc(Cc6ccc(CC(=O)[C-]=C)cc6)cc5)cc4c3)cc2)cc1.[W].[W].[W].[W]. The zero-order valence-electron chi connectivity index (χ0n) is 55.8. The van der Waals surface area contributed by atoms with Gasteiger partial charge in [0.1, 0.15) is 0 Å². The molecule has 0 N–H and O–H groups in total. The number of hydrogen-bond acceptors (Lipinski definition) is 4. The van der Waals surface area contributed by atoms with E-state index in [9.17, 15) is 19.2 Å². The molecule has 0 radical (unpaired) electrons. The third kappa shape index (κ3) is 21.1. The maximum atomic E-state index is 12.0. The molecule has 0 aromatic heterocycles. The molecule has 12 aromatic carbocycles. The van der Waals surface area contributed by atoms with Gasteiger partial charge in [-0.1, -0.05) is 255 Å². The first kappa shape index (κ1) is 77.3. The van der Waals surface area contributed by atoms with Gasteiger partial charge < -0.3 is 43.5 Å². The molecule has 12 rings (SSSR count). The van der Waals surface area contributed by atoms with E-state index in [0.717, 1.165) is 73.6 Å². The minimum Gasteiger partial charge on any atom is -0.434 e. The van der Waals surface area contributed by atoms with Crippen LogP contribution in [0.5, 0.6) is 0 Å². The van der Waals surface area contributed by atoms with E-state index < -0.39 is 0 Å². The monoisotopic (exact) mass is 1980 g/mol. The fourth-order valence-electron chi connectivity index (χ4n) is 13.0. The van der Waals surface area contributed by atoms with E-state index in [4.69, 9.17) is 0 Å². The van der Waals surface area contributed by atoms with Crippen LogP contribution in [0.25, 0.3) is 32.7 Å². The number of hydrogen-bond donors (Lipinski definition) is 0. The average Bonchev–Trinajstić information content (AvgIpc) is 0.751. The van der Waals surface area contributed by atoms with Crippen molar-refractivity contribution in [1.82, 2.24) is 0 Å². The van der Waals surface area contributed by atoms with E-state index in [1.807, 2.05) is 48.5 Å². The quantitative estimate of drug-likeness (QED) is 0.0346. The van der Waals surface area contributed by atoms with Crippen LogP contribution >= 0.6 is 0 Å². The van der Waals surface area contributed by atoms with E-state index in [2.05, 4.69) is 257 Å². The van der Waals surface area contributed by atoms with Crippen molar-refractivity contribution in [3.05, 3.63) is 417 Å². The first-order chi connectivity index (χ1) is 46.8. The Morgan fingerprint density at radius 3 is 0.730 bits per heavy atom. The summed E-state index contributed by atoms with van der Waals surface area (Å²) >= 11 is 0. The molecule has 0 saturated carbocycles. The van der Waals surface area contributed by atoms with Crippen molar-refractivity contribution in [2.75, 3.05) is 0 Å². The van der Waals surface area contributed by atoms with Crippen molar-refractivity contribution in [2.45, 2.75) is 77.0 Å². The van der Waals surface area contributed by atoms with Crippen molar-refractivity contribution in [2.24, 2.45) is 0 Å². The van der Waals surface area contributed by atoms with E-state index in [0.29, 0.717) is 25.7 Å². The molecule has 0 unspecified atom stereocenters. The Bertz CT molecular complexity index is 4830. The average molecular weight is 1980 g/mol. The Hall–Kier alpha value is -8.45. The molecule has 0 aliphatic carbocycles. The molecule has 4 nitrogen and oxygen atoms in total. The number of ketones is 4. The van der Waals surface area contributed by atoms with Crippen LogP contribution in [-0.4, -0.2) is 23.1 Å². The number of rotatable bonds is 29. The van der Waals surface area contributed by atoms with Gasteiger partial charge in [0.15, 0.2) is 0 Å². The summed E-state index contributed by atoms with van der Waals surface area (Å²) < 4.78 is 0. The first-order valence-electron chi connectivity index (χ1n) is 32.8. The predicted molar refractivity (Wildman–Crippen MR) is 391 cm³/mol. The predicted octanol–water partition coefficient (Wildman–Crippen LogP) is 18.8. The van der Waals surface area contributed by atoms with E-state index in [1.165, 1.54) is 122 Å². The van der Waals surface area contributed by atoms with Crippen LogP contribution in [-0.2, 0) is 180 Å². The van der Waals surface area contributed by atoms with Crippen LogP contribution < -0.4 is 0 Å². The summed E-state index contributed by atoms with van der Waals surface area (Å²) in [5.41, 5.74) is 25.8. The van der Waals surface area contributed by atoms with Crippen LogP contribution in [0.4, 0.5) is 0 Å². The smallest absolute Gasteiger partial charge is 0.000742 e. The zero-order valence-corrected chi connectivity index (χ0v) is 67.6. The minimum absolute atomic E-state index is 0. The zero-order chi connectivity index (χ0) is 66.3. The van der Waals surface area contributed by atoms with Gasteiger partial charge in [-0.25, -0.2) is 0 Å². The number of allylic oxidation sites excluding steroid dienone is 4. The molecule has 0 aliphatic heterocycles. The summed E-state index contributed by atoms with van der Waals surface area (Å²) in [6.45, 7) is 14.0. The molecule has 100 heavy (non-hydrogen) atoms. The molecule has 0 heterocycles. The summed E-state index contributed by atoms with van der Waals surface area (Å²) in [6.07, 6.45) is 17.3. The Morgan fingerprint density at radius 1 is 0.220 bits per heavy atom. The number of carbonyl (C=O) groups is 4. The normalized spacial score (nSPS) is 10.7. The van der Waals surface area contributed by atoms with Crippen molar-refractivity contribution in [1.29, 1.82) is 0 Å². The van der Waals surface area contributed by atoms with Gasteiger partial charge in [0.25, 0.3) is 0 Å². The van der Waals surface area contributed by atoms with Crippen LogP contribution in [0, 0.1) is 24.3 Å². The van der Waals surface area contributed by atoms with Gasteiger partial charge in [0.2, 0.25) is 0 Å². The van der Waals surface area contributed by atoms with Crippen LogP contribution in [0.1, 0.15) is 111 Å². The molecule has 0 spiro atoms. The molecule has 0 saturated heterocycles. The fraction of sp³-hybridized carbons (Fsp3) is 0.130. The topological polar surface area (TPSA) is 68.3 Å². The van der Waals surface area contributed by atoms with Gasteiger partial charge >= 0.3 is 0 Å². The van der Waals surface area contributed by atoms with Gasteiger partial charge in [0, 0.05) is 110 Å². The molecule has 0 bridgehead atoms. The van der Waals surface area contributed by atoms with E-state index in [1.54, 1.807) is 0 Å². The molecular weight excluding hydrogens is 1900 g/mol. The Labute approximate surface area is 647 Å². The van der Waals surface area contributed by atoms with Gasteiger partial charge in [-0.3, -0.25) is 26.3 Å². The number of Topliss-reactive ketones (excluding diaryl/α,β-unsaturated/α-hetero) is 4. The second-order valence-electron chi connectivity index (χ2n) is 25.4. The second-order valence-corrected chi connectivity index (χ2v) is 25.4. The summed E-state index contributed by atoms with van der Waals surface area (Å²) in [7, 11) is 0. The third-order valence-corrected chi connectivity index (χ3v) is 18.2. The minimum atomic E-state index is -0.107. The molecule has 0 aliphatic rings. The summed E-state index contributed by atoms with van der Waals surface area (Å²) in [4.78, 5) is 47.8. The summed E-state index contributed by atoms with van der Waals surface area (Å²) in [5.74, 6) is -0.419. The summed E-state index contributed by atoms with van der Waals surface area (Å²) in [5, 5.41) is 4.80. The maximum Gasteiger partial charge on any atom is 0.000742 e. The van der Waals surface area contributed by atoms with Crippen molar-refractivity contribution < 1.29 is 103 Å². The second kappa shape index (κ2) is 37.3. The Morgan fingerprint density at radius 2 is 0.440 bits per heavy atom.